The topological polar surface area (TPSA) is 22.0 Å². The highest BCUT2D eigenvalue weighted by molar-refractivity contribution is 5.97. The number of aromatic nitrogens is 1. The number of benzene rings is 2. The van der Waals surface area contributed by atoms with Gasteiger partial charge in [-0.1, -0.05) is 24.3 Å². The summed E-state index contributed by atoms with van der Waals surface area (Å²) in [6.45, 7) is 0.0485. The number of carbonyl (C=O) groups is 1. The van der Waals surface area contributed by atoms with E-state index >= 15 is 0 Å². The van der Waals surface area contributed by atoms with E-state index in [1.807, 2.05) is 24.3 Å². The molecule has 0 amide bonds. The maximum Gasteiger partial charge on any atom is 0.152 e. The summed E-state index contributed by atoms with van der Waals surface area (Å²) in [5, 5.41) is 0.777. The lowest BCUT2D eigenvalue weighted by Crippen LogP contribution is -2.03. The fourth-order valence-corrected chi connectivity index (χ4v) is 2.35. The molecule has 0 radical (unpaired) electrons. The Morgan fingerprint density at radius 2 is 1.70 bits per heavy atom. The van der Waals surface area contributed by atoms with Crippen molar-refractivity contribution in [3.8, 4) is 0 Å². The van der Waals surface area contributed by atoms with Crippen LogP contribution in [0.15, 0.2) is 48.7 Å². The monoisotopic (exact) mass is 271 g/mol. The van der Waals surface area contributed by atoms with E-state index < -0.39 is 11.6 Å². The molecular formula is C16H11F2NO. The van der Waals surface area contributed by atoms with Gasteiger partial charge >= 0.3 is 0 Å². The third-order valence-electron chi connectivity index (χ3n) is 3.34. The second kappa shape index (κ2) is 4.89. The smallest absolute Gasteiger partial charge is 0.152 e. The quantitative estimate of drug-likeness (QED) is 0.664. The SMILES string of the molecule is O=Cc1cn(Cc2c(F)cccc2F)c2ccccc12. The molecule has 1 heterocycles. The number of halogens is 2. The zero-order valence-electron chi connectivity index (χ0n) is 10.5. The van der Waals surface area contributed by atoms with Gasteiger partial charge < -0.3 is 4.57 Å². The second-order valence-electron chi connectivity index (χ2n) is 4.55. The number of rotatable bonds is 3. The third-order valence-corrected chi connectivity index (χ3v) is 3.34. The van der Waals surface area contributed by atoms with E-state index in [1.54, 1.807) is 10.8 Å². The molecule has 100 valence electrons. The Bertz CT molecular complexity index is 772. The number of hydrogen-bond acceptors (Lipinski definition) is 1. The average molecular weight is 271 g/mol. The van der Waals surface area contributed by atoms with Crippen LogP contribution in [0.5, 0.6) is 0 Å². The first kappa shape index (κ1) is 12.5. The predicted molar refractivity (Wildman–Crippen MR) is 72.8 cm³/mol. The molecule has 0 bridgehead atoms. The van der Waals surface area contributed by atoms with Crippen LogP contribution in [0.25, 0.3) is 10.9 Å². The van der Waals surface area contributed by atoms with E-state index in [2.05, 4.69) is 0 Å². The van der Waals surface area contributed by atoms with Crippen LogP contribution in [0, 0.1) is 11.6 Å². The fourth-order valence-electron chi connectivity index (χ4n) is 2.35. The van der Waals surface area contributed by atoms with Gasteiger partial charge in [0, 0.05) is 28.2 Å². The molecule has 4 heteroatoms. The number of carbonyl (C=O) groups excluding carboxylic acids is 1. The van der Waals surface area contributed by atoms with Gasteiger partial charge in [0.2, 0.25) is 0 Å². The normalized spacial score (nSPS) is 10.9. The van der Waals surface area contributed by atoms with Crippen molar-refractivity contribution in [1.29, 1.82) is 0 Å². The summed E-state index contributed by atoms with van der Waals surface area (Å²) in [5.74, 6) is -1.18. The maximum absolute atomic E-state index is 13.7. The van der Waals surface area contributed by atoms with Crippen LogP contribution in [0.4, 0.5) is 8.78 Å². The minimum Gasteiger partial charge on any atom is -0.342 e. The van der Waals surface area contributed by atoms with Gasteiger partial charge in [0.15, 0.2) is 6.29 Å². The summed E-state index contributed by atoms with van der Waals surface area (Å²) in [5.41, 5.74) is 1.28. The number of hydrogen-bond donors (Lipinski definition) is 0. The highest BCUT2D eigenvalue weighted by atomic mass is 19.1. The van der Waals surface area contributed by atoms with Crippen molar-refractivity contribution in [3.05, 3.63) is 71.4 Å². The van der Waals surface area contributed by atoms with Crippen molar-refractivity contribution in [2.45, 2.75) is 6.54 Å². The van der Waals surface area contributed by atoms with Crippen LogP contribution in [-0.2, 0) is 6.54 Å². The molecule has 0 aliphatic rings. The van der Waals surface area contributed by atoms with Gasteiger partial charge in [-0.3, -0.25) is 4.79 Å². The third kappa shape index (κ3) is 1.99. The molecule has 2 aromatic carbocycles. The molecule has 3 aromatic rings. The summed E-state index contributed by atoms with van der Waals surface area (Å²) < 4.78 is 29.1. The highest BCUT2D eigenvalue weighted by Crippen LogP contribution is 2.22. The van der Waals surface area contributed by atoms with Crippen molar-refractivity contribution in [3.63, 3.8) is 0 Å². The Hall–Kier alpha value is -2.49. The summed E-state index contributed by atoms with van der Waals surface area (Å²) in [7, 11) is 0. The molecule has 0 fully saturated rings. The van der Waals surface area contributed by atoms with Crippen molar-refractivity contribution >= 4 is 17.2 Å². The largest absolute Gasteiger partial charge is 0.342 e. The Labute approximate surface area is 114 Å². The van der Waals surface area contributed by atoms with Gasteiger partial charge in [0.1, 0.15) is 11.6 Å². The van der Waals surface area contributed by atoms with Gasteiger partial charge in [-0.15, -0.1) is 0 Å². The average Bonchev–Trinajstić information content (AvgIpc) is 2.81. The predicted octanol–water partition coefficient (Wildman–Crippen LogP) is 3.78. The molecule has 2 nitrogen and oxygen atoms in total. The molecule has 0 aliphatic carbocycles. The Balaban J connectivity index is 2.14. The molecule has 1 aromatic heterocycles. The maximum atomic E-state index is 13.7. The van der Waals surface area contributed by atoms with E-state index in [-0.39, 0.29) is 12.1 Å². The number of para-hydroxylation sites is 1. The zero-order valence-corrected chi connectivity index (χ0v) is 10.5. The molecule has 3 rings (SSSR count). The molecule has 20 heavy (non-hydrogen) atoms. The van der Waals surface area contributed by atoms with Gasteiger partial charge in [-0.2, -0.15) is 0 Å². The molecule has 0 saturated carbocycles. The minimum atomic E-state index is -0.588. The molecule has 0 N–H and O–H groups in total. The molecule has 0 atom stereocenters. The summed E-state index contributed by atoms with van der Waals surface area (Å²) in [6, 6.07) is 11.1. The van der Waals surface area contributed by atoms with Crippen LogP contribution in [0.1, 0.15) is 15.9 Å². The molecule has 0 aliphatic heterocycles. The van der Waals surface area contributed by atoms with Gasteiger partial charge in [0.25, 0.3) is 0 Å². The van der Waals surface area contributed by atoms with Crippen molar-refractivity contribution < 1.29 is 13.6 Å². The van der Waals surface area contributed by atoms with E-state index in [0.717, 1.165) is 17.2 Å². The van der Waals surface area contributed by atoms with Crippen LogP contribution in [0.3, 0.4) is 0 Å². The molecule has 0 saturated heterocycles. The zero-order chi connectivity index (χ0) is 14.1. The molecule has 0 spiro atoms. The van der Waals surface area contributed by atoms with Gasteiger partial charge in [-0.25, -0.2) is 8.78 Å². The van der Waals surface area contributed by atoms with Crippen molar-refractivity contribution in [2.75, 3.05) is 0 Å². The first-order valence-electron chi connectivity index (χ1n) is 6.16. The van der Waals surface area contributed by atoms with Crippen molar-refractivity contribution in [1.82, 2.24) is 4.57 Å². The Morgan fingerprint density at radius 3 is 2.40 bits per heavy atom. The lowest BCUT2D eigenvalue weighted by molar-refractivity contribution is 0.112. The summed E-state index contributed by atoms with van der Waals surface area (Å²) in [6.07, 6.45) is 2.36. The summed E-state index contributed by atoms with van der Waals surface area (Å²) >= 11 is 0. The van der Waals surface area contributed by atoms with Crippen LogP contribution in [-0.4, -0.2) is 10.9 Å². The first-order valence-corrected chi connectivity index (χ1v) is 6.16. The number of fused-ring (bicyclic) bond motifs is 1. The first-order chi connectivity index (χ1) is 9.70. The van der Waals surface area contributed by atoms with Crippen LogP contribution >= 0.6 is 0 Å². The van der Waals surface area contributed by atoms with E-state index in [9.17, 15) is 13.6 Å². The van der Waals surface area contributed by atoms with Crippen LogP contribution in [0.2, 0.25) is 0 Å². The van der Waals surface area contributed by atoms with Crippen molar-refractivity contribution in [2.24, 2.45) is 0 Å². The lowest BCUT2D eigenvalue weighted by Gasteiger charge is -2.07. The van der Waals surface area contributed by atoms with Gasteiger partial charge in [0.05, 0.1) is 6.54 Å². The van der Waals surface area contributed by atoms with E-state index in [4.69, 9.17) is 0 Å². The number of nitrogens with zero attached hydrogens (tertiary/aromatic N) is 1. The van der Waals surface area contributed by atoms with E-state index in [0.29, 0.717) is 5.56 Å². The van der Waals surface area contributed by atoms with Crippen LogP contribution < -0.4 is 0 Å². The summed E-state index contributed by atoms with van der Waals surface area (Å²) in [4.78, 5) is 11.1. The minimum absolute atomic E-state index is 0.00861. The Kier molecular flexibility index (Phi) is 3.06. The molecular weight excluding hydrogens is 260 g/mol. The second-order valence-corrected chi connectivity index (χ2v) is 4.55. The van der Waals surface area contributed by atoms with Gasteiger partial charge in [-0.05, 0) is 18.2 Å². The van der Waals surface area contributed by atoms with E-state index in [1.165, 1.54) is 18.2 Å². The number of aldehydes is 1. The Morgan fingerprint density at radius 1 is 1.00 bits per heavy atom. The fraction of sp³-hybridized carbons (Fsp3) is 0.0625. The highest BCUT2D eigenvalue weighted by Gasteiger charge is 2.12. The lowest BCUT2D eigenvalue weighted by atomic mass is 10.2. The standard InChI is InChI=1S/C16H11F2NO/c17-14-5-3-6-15(18)13(14)9-19-8-11(10-20)12-4-1-2-7-16(12)19/h1-8,10H,9H2. The molecule has 0 unspecified atom stereocenters.